The Morgan fingerprint density at radius 3 is 1.45 bits per heavy atom. The molecule has 0 spiro atoms. The fourth-order valence-corrected chi connectivity index (χ4v) is 8.83. The van der Waals surface area contributed by atoms with E-state index in [0.29, 0.717) is 11.3 Å². The molecule has 0 aliphatic carbocycles. The summed E-state index contributed by atoms with van der Waals surface area (Å²) in [6.45, 7) is 8.45. The van der Waals surface area contributed by atoms with Crippen LogP contribution in [0.3, 0.4) is 0 Å². The molecule has 16 heteroatoms. The first-order valence-electron chi connectivity index (χ1n) is 22.9. The lowest BCUT2D eigenvalue weighted by atomic mass is 9.95. The predicted octanol–water partition coefficient (Wildman–Crippen LogP) is 8.22. The van der Waals surface area contributed by atoms with Crippen molar-refractivity contribution in [2.75, 3.05) is 20.3 Å². The van der Waals surface area contributed by atoms with Crippen LogP contribution >= 0.6 is 0 Å². The lowest BCUT2D eigenvalue weighted by Crippen LogP contribution is -2.67. The summed E-state index contributed by atoms with van der Waals surface area (Å²) in [5.41, 5.74) is 1.47. The molecule has 0 radical (unpaired) electrons. The largest absolute Gasteiger partial charge is 0.497 e. The molecule has 5 aromatic rings. The molecule has 0 amide bonds. The minimum absolute atomic E-state index is 0.0899. The number of methoxy groups -OCH3 is 1. The zero-order valence-corrected chi connectivity index (χ0v) is 40.0. The predicted molar refractivity (Wildman–Crippen MR) is 251 cm³/mol. The highest BCUT2D eigenvalue weighted by Crippen LogP contribution is 2.40. The van der Waals surface area contributed by atoms with Crippen molar-refractivity contribution < 1.29 is 71.3 Å². The summed E-state index contributed by atoms with van der Waals surface area (Å²) in [6, 6.07) is 41.1. The van der Waals surface area contributed by atoms with E-state index in [0.717, 1.165) is 6.04 Å². The molecule has 1 unspecified atom stereocenters. The lowest BCUT2D eigenvalue weighted by molar-refractivity contribution is -0.381. The third-order valence-corrected chi connectivity index (χ3v) is 13.5. The van der Waals surface area contributed by atoms with Crippen LogP contribution in [0.25, 0.3) is 0 Å². The molecule has 15 nitrogen and oxygen atoms in total. The van der Waals surface area contributed by atoms with Crippen molar-refractivity contribution in [3.05, 3.63) is 173 Å². The van der Waals surface area contributed by atoms with E-state index in [1.807, 2.05) is 0 Å². The number of carbonyl (C=O) groups excluding carboxylic acids is 4. The van der Waals surface area contributed by atoms with Gasteiger partial charge in [0.1, 0.15) is 24.1 Å². The van der Waals surface area contributed by atoms with Crippen LogP contribution in [0.1, 0.15) is 60.2 Å². The summed E-state index contributed by atoms with van der Waals surface area (Å²) in [5, 5.41) is 0. The summed E-state index contributed by atoms with van der Waals surface area (Å²) >= 11 is 0. The normalized spacial score (nSPS) is 26.7. The Labute approximate surface area is 401 Å². The van der Waals surface area contributed by atoms with Gasteiger partial charge >= 0.3 is 23.9 Å². The first-order valence-corrected chi connectivity index (χ1v) is 26.6. The number of fused-ring (bicyclic) bond motifs is 1. The topological polar surface area (TPSA) is 170 Å². The van der Waals surface area contributed by atoms with Crippen LogP contribution in [0, 0.1) is 0 Å². The number of rotatable bonds is 16. The Morgan fingerprint density at radius 2 is 0.986 bits per heavy atom. The second kappa shape index (κ2) is 22.5. The summed E-state index contributed by atoms with van der Waals surface area (Å²) in [4.78, 5) is 56.5. The van der Waals surface area contributed by atoms with Crippen LogP contribution in [-0.2, 0) is 47.4 Å². The lowest BCUT2D eigenvalue weighted by Gasteiger charge is -2.50. The molecule has 0 saturated carbocycles. The summed E-state index contributed by atoms with van der Waals surface area (Å²) < 4.78 is 70.0. The summed E-state index contributed by atoms with van der Waals surface area (Å²) in [6.07, 6.45) is -13.9. The van der Waals surface area contributed by atoms with E-state index >= 15 is 0 Å². The Kier molecular flexibility index (Phi) is 16.0. The van der Waals surface area contributed by atoms with Crippen molar-refractivity contribution in [1.29, 1.82) is 0 Å². The van der Waals surface area contributed by atoms with Crippen LogP contribution in [0.15, 0.2) is 146 Å². The monoisotopic (exact) mass is 960 g/mol. The average Bonchev–Trinajstić information content (AvgIpc) is 3.37. The van der Waals surface area contributed by atoms with E-state index < -0.39 is 99.7 Å². The molecule has 3 heterocycles. The Balaban J connectivity index is 1.19. The molecule has 3 aliphatic rings. The molecule has 0 bridgehead atoms. The molecule has 5 aromatic carbocycles. The second-order valence-corrected chi connectivity index (χ2v) is 23.6. The van der Waals surface area contributed by atoms with E-state index in [9.17, 15) is 19.2 Å². The fraction of sp³-hybridized carbons (Fsp3) is 0.358. The maximum Gasteiger partial charge on any atom is 0.338 e. The standard InChI is InChI=1S/C53H56O15Si/c1-33-41(43(63-47(54)34-18-10-6-11-19-34)45(52(61-33)59-30-31-69(3,4)5)65-49(56)36-22-14-8-15-23-36)67-53-46(66-50(57)37-24-16-9-17-25-37)44(64-48(55)35-20-12-7-13-21-35)42-40(62-53)32-60-51(68-42)38-26-28-39(58-2)29-27-38/h6-29,33,40-46,51-53H,30-32H2,1-5H3/t33-,40-,41-,42+,43+,44+,45-,46-,51?,52-,53+/m1/s1. The van der Waals surface area contributed by atoms with Crippen molar-refractivity contribution >= 4 is 32.0 Å². The highest BCUT2D eigenvalue weighted by Gasteiger charge is 2.58. The molecule has 0 aromatic heterocycles. The van der Waals surface area contributed by atoms with Gasteiger partial charge < -0.3 is 52.1 Å². The minimum atomic E-state index is -1.64. The van der Waals surface area contributed by atoms with Gasteiger partial charge in [-0.05, 0) is 73.6 Å². The fourth-order valence-electron chi connectivity index (χ4n) is 8.10. The molecular formula is C53H56O15Si. The first-order chi connectivity index (χ1) is 33.3. The number of ether oxygens (including phenoxy) is 11. The van der Waals surface area contributed by atoms with Crippen molar-refractivity contribution in [3.63, 3.8) is 0 Å². The molecule has 69 heavy (non-hydrogen) atoms. The van der Waals surface area contributed by atoms with Crippen LogP contribution in [0.4, 0.5) is 0 Å². The van der Waals surface area contributed by atoms with Crippen molar-refractivity contribution in [1.82, 2.24) is 0 Å². The van der Waals surface area contributed by atoms with E-state index in [-0.39, 0.29) is 35.5 Å². The number of esters is 4. The smallest absolute Gasteiger partial charge is 0.338 e. The molecule has 3 aliphatic heterocycles. The van der Waals surface area contributed by atoms with Crippen LogP contribution in [0.2, 0.25) is 25.7 Å². The van der Waals surface area contributed by atoms with Crippen LogP contribution in [0.5, 0.6) is 5.75 Å². The van der Waals surface area contributed by atoms with Crippen molar-refractivity contribution in [3.8, 4) is 5.75 Å². The second-order valence-electron chi connectivity index (χ2n) is 18.0. The number of benzene rings is 5. The number of carbonyl (C=O) groups is 4. The molecule has 362 valence electrons. The Morgan fingerprint density at radius 1 is 0.536 bits per heavy atom. The highest BCUT2D eigenvalue weighted by molar-refractivity contribution is 6.76. The van der Waals surface area contributed by atoms with Crippen LogP contribution < -0.4 is 4.74 Å². The van der Waals surface area contributed by atoms with Gasteiger partial charge in [-0.1, -0.05) is 105 Å². The zero-order valence-electron chi connectivity index (χ0n) is 39.0. The highest BCUT2D eigenvalue weighted by atomic mass is 28.3. The third kappa shape index (κ3) is 12.3. The molecule has 3 fully saturated rings. The van der Waals surface area contributed by atoms with Gasteiger partial charge in [0, 0.05) is 20.2 Å². The van der Waals surface area contributed by atoms with Crippen LogP contribution in [-0.4, -0.2) is 114 Å². The molecule has 0 N–H and O–H groups in total. The van der Waals surface area contributed by atoms with E-state index in [1.54, 1.807) is 160 Å². The third-order valence-electron chi connectivity index (χ3n) is 11.8. The minimum Gasteiger partial charge on any atom is -0.497 e. The molecular weight excluding hydrogens is 905 g/mol. The van der Waals surface area contributed by atoms with Gasteiger partial charge in [0.05, 0.1) is 42.1 Å². The van der Waals surface area contributed by atoms with E-state index in [2.05, 4.69) is 19.6 Å². The number of hydrogen-bond acceptors (Lipinski definition) is 15. The summed E-state index contributed by atoms with van der Waals surface area (Å²) in [7, 11) is -0.0837. The Bertz CT molecular complexity index is 2470. The average molecular weight is 961 g/mol. The van der Waals surface area contributed by atoms with Gasteiger partial charge in [-0.2, -0.15) is 0 Å². The molecule has 3 saturated heterocycles. The van der Waals surface area contributed by atoms with E-state index in [1.165, 1.54) is 0 Å². The van der Waals surface area contributed by atoms with Crippen molar-refractivity contribution in [2.45, 2.75) is 100 Å². The zero-order chi connectivity index (χ0) is 48.5. The van der Waals surface area contributed by atoms with Gasteiger partial charge in [0.25, 0.3) is 0 Å². The van der Waals surface area contributed by atoms with E-state index in [4.69, 9.17) is 52.1 Å². The quantitative estimate of drug-likeness (QED) is 0.0526. The maximum atomic E-state index is 14.2. The van der Waals surface area contributed by atoms with Gasteiger partial charge in [0.2, 0.25) is 0 Å². The molecule has 8 rings (SSSR count). The number of hydrogen-bond donors (Lipinski definition) is 0. The van der Waals surface area contributed by atoms with Gasteiger partial charge in [-0.15, -0.1) is 0 Å². The Hall–Kier alpha value is -6.24. The van der Waals surface area contributed by atoms with Gasteiger partial charge in [0.15, 0.2) is 43.3 Å². The molecule has 11 atom stereocenters. The first kappa shape index (κ1) is 49.2. The van der Waals surface area contributed by atoms with Crippen molar-refractivity contribution in [2.24, 2.45) is 0 Å². The maximum absolute atomic E-state index is 14.2. The SMILES string of the molecule is COc1ccc(C2OC[C@H]3O[C@@H](O[C@H]4[C@H](OC(=O)c5ccccc5)[C@@H](OC(=O)c5ccccc5)[C@H](OCC[Si](C)(C)C)O[C@@H]4C)[C@H](OC(=O)c4ccccc4)[C@@H](OC(=O)c4ccccc4)[C@H]3O2)cc1. The summed E-state index contributed by atoms with van der Waals surface area (Å²) in [5.74, 6) is -2.41. The van der Waals surface area contributed by atoms with Gasteiger partial charge in [-0.25, -0.2) is 19.2 Å². The van der Waals surface area contributed by atoms with Gasteiger partial charge in [-0.3, -0.25) is 0 Å².